The lowest BCUT2D eigenvalue weighted by molar-refractivity contribution is -0.0328. The highest BCUT2D eigenvalue weighted by Crippen LogP contribution is 2.39. The molecule has 13 heavy (non-hydrogen) atoms. The largest absolute Gasteiger partial charge is 0.446 e. The van der Waals surface area contributed by atoms with Gasteiger partial charge in [0.05, 0.1) is 4.90 Å². The third-order valence-electron chi connectivity index (χ3n) is 0.908. The molecule has 72 valence electrons. The lowest BCUT2D eigenvalue weighted by atomic mass is 10.7. The van der Waals surface area contributed by atoms with E-state index in [4.69, 9.17) is 23.2 Å². The molecular formula is C5HCl2F3N2S. The van der Waals surface area contributed by atoms with Gasteiger partial charge in [0, 0.05) is 6.20 Å². The molecule has 0 fully saturated rings. The molecule has 0 aliphatic rings. The van der Waals surface area contributed by atoms with Crippen molar-refractivity contribution in [3.8, 4) is 0 Å². The summed E-state index contributed by atoms with van der Waals surface area (Å²) >= 11 is 10.3. The van der Waals surface area contributed by atoms with Crippen molar-refractivity contribution in [3.05, 3.63) is 16.6 Å². The van der Waals surface area contributed by atoms with E-state index >= 15 is 0 Å². The third kappa shape index (κ3) is 3.58. The van der Waals surface area contributed by atoms with Gasteiger partial charge >= 0.3 is 5.51 Å². The fraction of sp³-hybridized carbons (Fsp3) is 0.200. The van der Waals surface area contributed by atoms with E-state index in [1.54, 1.807) is 0 Å². The number of halogens is 5. The molecule has 0 bridgehead atoms. The van der Waals surface area contributed by atoms with Crippen LogP contribution >= 0.6 is 35.0 Å². The first-order valence-electron chi connectivity index (χ1n) is 2.82. The highest BCUT2D eigenvalue weighted by molar-refractivity contribution is 8.00. The van der Waals surface area contributed by atoms with Crippen molar-refractivity contribution in [1.82, 2.24) is 9.97 Å². The van der Waals surface area contributed by atoms with E-state index in [9.17, 15) is 13.2 Å². The van der Waals surface area contributed by atoms with E-state index in [1.165, 1.54) is 0 Å². The van der Waals surface area contributed by atoms with Crippen LogP contribution in [0.25, 0.3) is 0 Å². The highest BCUT2D eigenvalue weighted by Gasteiger charge is 2.30. The maximum atomic E-state index is 11.8. The Hall–Kier alpha value is -0.200. The Bertz CT molecular complexity index is 317. The molecule has 1 heterocycles. The molecule has 0 unspecified atom stereocenters. The minimum Gasteiger partial charge on any atom is -0.225 e. The highest BCUT2D eigenvalue weighted by atomic mass is 35.5. The molecule has 0 amide bonds. The summed E-state index contributed by atoms with van der Waals surface area (Å²) in [5.41, 5.74) is -4.40. The fourth-order valence-electron chi connectivity index (χ4n) is 0.523. The molecule has 0 radical (unpaired) electrons. The van der Waals surface area contributed by atoms with Gasteiger partial charge in [-0.15, -0.1) is 0 Å². The van der Waals surface area contributed by atoms with Crippen LogP contribution in [0.2, 0.25) is 10.4 Å². The van der Waals surface area contributed by atoms with Crippen LogP contribution in [-0.2, 0) is 0 Å². The number of rotatable bonds is 1. The number of nitrogens with zero attached hydrogens (tertiary/aromatic N) is 2. The smallest absolute Gasteiger partial charge is 0.225 e. The van der Waals surface area contributed by atoms with E-state index in [1.807, 2.05) is 0 Å². The number of hydrogen-bond acceptors (Lipinski definition) is 3. The average molecular weight is 249 g/mol. The van der Waals surface area contributed by atoms with Crippen LogP contribution in [0.4, 0.5) is 13.2 Å². The first-order valence-corrected chi connectivity index (χ1v) is 4.39. The standard InChI is InChI=1S/C5HCl2F3N2S/c6-3-2(13-5(8,9)10)1-11-4(7)12-3/h1H. The van der Waals surface area contributed by atoms with Crippen molar-refractivity contribution >= 4 is 35.0 Å². The zero-order valence-corrected chi connectivity index (χ0v) is 8.10. The normalized spacial score (nSPS) is 11.8. The second-order valence-corrected chi connectivity index (χ2v) is 3.64. The van der Waals surface area contributed by atoms with Crippen LogP contribution in [0.5, 0.6) is 0 Å². The Balaban J connectivity index is 2.90. The van der Waals surface area contributed by atoms with Gasteiger partial charge in [0.2, 0.25) is 5.28 Å². The van der Waals surface area contributed by atoms with Crippen molar-refractivity contribution in [1.29, 1.82) is 0 Å². The molecule has 0 aliphatic heterocycles. The molecule has 0 saturated carbocycles. The molecule has 1 rings (SSSR count). The summed E-state index contributed by atoms with van der Waals surface area (Å²) in [5, 5.41) is -0.487. The fourth-order valence-corrected chi connectivity index (χ4v) is 1.43. The molecule has 0 aliphatic carbocycles. The lowest BCUT2D eigenvalue weighted by Crippen LogP contribution is -2.00. The lowest BCUT2D eigenvalue weighted by Gasteiger charge is -2.05. The van der Waals surface area contributed by atoms with Crippen molar-refractivity contribution in [2.45, 2.75) is 10.4 Å². The molecule has 1 aromatic heterocycles. The summed E-state index contributed by atoms with van der Waals surface area (Å²) in [6.07, 6.45) is 0.926. The SMILES string of the molecule is FC(F)(F)Sc1cnc(Cl)nc1Cl. The second kappa shape index (κ2) is 3.89. The predicted octanol–water partition coefficient (Wildman–Crippen LogP) is 3.40. The monoisotopic (exact) mass is 248 g/mol. The van der Waals surface area contributed by atoms with Crippen molar-refractivity contribution < 1.29 is 13.2 Å². The number of hydrogen-bond donors (Lipinski definition) is 0. The van der Waals surface area contributed by atoms with E-state index in [2.05, 4.69) is 9.97 Å². The van der Waals surface area contributed by atoms with Gasteiger partial charge in [-0.3, -0.25) is 0 Å². The van der Waals surface area contributed by atoms with Crippen molar-refractivity contribution in [2.75, 3.05) is 0 Å². The van der Waals surface area contributed by atoms with Gasteiger partial charge in [-0.1, -0.05) is 11.6 Å². The third-order valence-corrected chi connectivity index (χ3v) is 2.24. The molecule has 0 spiro atoms. The van der Waals surface area contributed by atoms with E-state index in [-0.39, 0.29) is 27.1 Å². The first-order chi connectivity index (χ1) is 5.88. The van der Waals surface area contributed by atoms with Gasteiger partial charge in [-0.2, -0.15) is 13.2 Å². The zero-order chi connectivity index (χ0) is 10.1. The Labute approximate surface area is 85.5 Å². The zero-order valence-electron chi connectivity index (χ0n) is 5.77. The first kappa shape index (κ1) is 10.9. The number of alkyl halides is 3. The molecular weight excluding hydrogens is 248 g/mol. The molecule has 1 aromatic rings. The summed E-state index contributed by atoms with van der Waals surface area (Å²) in [6.45, 7) is 0. The van der Waals surface area contributed by atoms with Crippen LogP contribution in [0.15, 0.2) is 11.1 Å². The van der Waals surface area contributed by atoms with Gasteiger partial charge in [0.1, 0.15) is 5.15 Å². The topological polar surface area (TPSA) is 25.8 Å². The minimum atomic E-state index is -4.40. The predicted molar refractivity (Wildman–Crippen MR) is 44.0 cm³/mol. The molecule has 2 nitrogen and oxygen atoms in total. The van der Waals surface area contributed by atoms with Gasteiger partial charge in [0.25, 0.3) is 0 Å². The Morgan fingerprint density at radius 3 is 2.38 bits per heavy atom. The summed E-state index contributed by atoms with van der Waals surface area (Å²) in [7, 11) is 0. The average Bonchev–Trinajstić information content (AvgIpc) is 1.93. The van der Waals surface area contributed by atoms with E-state index in [0.29, 0.717) is 0 Å². The van der Waals surface area contributed by atoms with E-state index < -0.39 is 5.51 Å². The summed E-state index contributed by atoms with van der Waals surface area (Å²) in [4.78, 5) is 6.46. The van der Waals surface area contributed by atoms with Crippen LogP contribution in [0.1, 0.15) is 0 Å². The van der Waals surface area contributed by atoms with Crippen LogP contribution in [0.3, 0.4) is 0 Å². The van der Waals surface area contributed by atoms with Gasteiger partial charge in [-0.05, 0) is 23.4 Å². The Kier molecular flexibility index (Phi) is 3.26. The molecule has 8 heteroatoms. The van der Waals surface area contributed by atoms with Crippen LogP contribution in [0, 0.1) is 0 Å². The Morgan fingerprint density at radius 2 is 1.92 bits per heavy atom. The molecule has 0 aromatic carbocycles. The van der Waals surface area contributed by atoms with Crippen LogP contribution < -0.4 is 0 Å². The van der Waals surface area contributed by atoms with Gasteiger partial charge in [-0.25, -0.2) is 9.97 Å². The van der Waals surface area contributed by atoms with Crippen molar-refractivity contribution in [2.24, 2.45) is 0 Å². The summed E-state index contributed by atoms with van der Waals surface area (Å²) in [6, 6.07) is 0. The molecule has 0 N–H and O–H groups in total. The maximum absolute atomic E-state index is 11.8. The molecule has 0 atom stereocenters. The van der Waals surface area contributed by atoms with Gasteiger partial charge in [0.15, 0.2) is 0 Å². The number of aromatic nitrogens is 2. The second-order valence-electron chi connectivity index (χ2n) is 1.84. The van der Waals surface area contributed by atoms with Gasteiger partial charge < -0.3 is 0 Å². The summed E-state index contributed by atoms with van der Waals surface area (Å²) < 4.78 is 35.5. The quantitative estimate of drug-likeness (QED) is 0.433. The minimum absolute atomic E-state index is 0.184. The summed E-state index contributed by atoms with van der Waals surface area (Å²) in [5.74, 6) is 0. The maximum Gasteiger partial charge on any atom is 0.446 e. The van der Waals surface area contributed by atoms with E-state index in [0.717, 1.165) is 6.20 Å². The number of thioether (sulfide) groups is 1. The molecule has 0 saturated heterocycles. The van der Waals surface area contributed by atoms with Crippen LogP contribution in [-0.4, -0.2) is 15.5 Å². The Morgan fingerprint density at radius 1 is 1.31 bits per heavy atom. The van der Waals surface area contributed by atoms with Crippen molar-refractivity contribution in [3.63, 3.8) is 0 Å².